The third kappa shape index (κ3) is 3.32. The molecule has 20 heavy (non-hydrogen) atoms. The number of nitrogens with zero attached hydrogens (tertiary/aromatic N) is 5. The Morgan fingerprint density at radius 2 is 2.20 bits per heavy atom. The quantitative estimate of drug-likeness (QED) is 0.623. The molecule has 8 heteroatoms. The molecule has 1 aromatic heterocycles. The van der Waals surface area contributed by atoms with E-state index in [2.05, 4.69) is 21.4 Å². The topological polar surface area (TPSA) is 108 Å². The number of rotatable bonds is 6. The molecule has 0 fully saturated rings. The molecule has 8 nitrogen and oxygen atoms in total. The number of hydrogen-bond donors (Lipinski definition) is 1. The van der Waals surface area contributed by atoms with Gasteiger partial charge in [0.05, 0.1) is 16.9 Å². The van der Waals surface area contributed by atoms with Gasteiger partial charge in [-0.2, -0.15) is 10.2 Å². The SMILES string of the molecule is CCN(CC(C)C#N)c1nc(NC)nc(C)c1[N+](=O)[O-]. The number of nitrogens with one attached hydrogen (secondary N) is 1. The van der Waals surface area contributed by atoms with Gasteiger partial charge in [-0.3, -0.25) is 10.1 Å². The first-order valence-electron chi connectivity index (χ1n) is 6.29. The van der Waals surface area contributed by atoms with Gasteiger partial charge in [-0.1, -0.05) is 0 Å². The minimum Gasteiger partial charge on any atom is -0.357 e. The van der Waals surface area contributed by atoms with Crippen LogP contribution in [0.5, 0.6) is 0 Å². The molecule has 0 saturated carbocycles. The summed E-state index contributed by atoms with van der Waals surface area (Å²) < 4.78 is 0. The molecule has 0 aromatic carbocycles. The number of hydrogen-bond acceptors (Lipinski definition) is 7. The number of aromatic nitrogens is 2. The molecule has 108 valence electrons. The fourth-order valence-corrected chi connectivity index (χ4v) is 1.83. The summed E-state index contributed by atoms with van der Waals surface area (Å²) in [6, 6.07) is 2.12. The number of nitro groups is 1. The maximum atomic E-state index is 11.2. The lowest BCUT2D eigenvalue weighted by Crippen LogP contribution is -2.30. The first kappa shape index (κ1) is 15.6. The molecule has 0 bridgehead atoms. The van der Waals surface area contributed by atoms with Crippen LogP contribution in [0, 0.1) is 34.3 Å². The van der Waals surface area contributed by atoms with Crippen molar-refractivity contribution < 1.29 is 4.92 Å². The highest BCUT2D eigenvalue weighted by molar-refractivity contribution is 5.62. The zero-order valence-electron chi connectivity index (χ0n) is 12.0. The Kier molecular flexibility index (Phi) is 5.20. The van der Waals surface area contributed by atoms with E-state index in [1.807, 2.05) is 6.92 Å². The molecule has 0 spiro atoms. The Morgan fingerprint density at radius 3 is 2.65 bits per heavy atom. The van der Waals surface area contributed by atoms with E-state index in [4.69, 9.17) is 5.26 Å². The number of aryl methyl sites for hydroxylation is 1. The fourth-order valence-electron chi connectivity index (χ4n) is 1.83. The van der Waals surface area contributed by atoms with Crippen LogP contribution in [0.4, 0.5) is 17.5 Å². The lowest BCUT2D eigenvalue weighted by atomic mass is 10.2. The average Bonchev–Trinajstić information content (AvgIpc) is 2.42. The zero-order chi connectivity index (χ0) is 15.3. The summed E-state index contributed by atoms with van der Waals surface area (Å²) in [6.45, 7) is 6.11. The predicted octanol–water partition coefficient (Wildman–Crippen LogP) is 1.72. The molecule has 1 rings (SSSR count). The monoisotopic (exact) mass is 278 g/mol. The minimum atomic E-state index is -0.482. The highest BCUT2D eigenvalue weighted by Gasteiger charge is 2.26. The molecule has 1 N–H and O–H groups in total. The molecule has 1 aromatic rings. The number of anilines is 2. The highest BCUT2D eigenvalue weighted by atomic mass is 16.6. The van der Waals surface area contributed by atoms with Gasteiger partial charge < -0.3 is 10.2 Å². The van der Waals surface area contributed by atoms with Crippen molar-refractivity contribution in [3.63, 3.8) is 0 Å². The molecule has 0 amide bonds. The van der Waals surface area contributed by atoms with Gasteiger partial charge in [0.1, 0.15) is 5.69 Å². The third-order valence-electron chi connectivity index (χ3n) is 2.84. The van der Waals surface area contributed by atoms with E-state index in [0.29, 0.717) is 24.7 Å². The van der Waals surface area contributed by atoms with Crippen molar-refractivity contribution in [2.24, 2.45) is 5.92 Å². The Morgan fingerprint density at radius 1 is 1.55 bits per heavy atom. The van der Waals surface area contributed by atoms with Gasteiger partial charge in [-0.05, 0) is 20.8 Å². The van der Waals surface area contributed by atoms with E-state index < -0.39 is 4.92 Å². The van der Waals surface area contributed by atoms with Crippen molar-refractivity contribution in [3.05, 3.63) is 15.8 Å². The van der Waals surface area contributed by atoms with Gasteiger partial charge in [-0.15, -0.1) is 0 Å². The largest absolute Gasteiger partial charge is 0.357 e. The van der Waals surface area contributed by atoms with Gasteiger partial charge in [0.2, 0.25) is 11.8 Å². The molecule has 0 aliphatic heterocycles. The zero-order valence-corrected chi connectivity index (χ0v) is 12.0. The maximum Gasteiger partial charge on any atom is 0.332 e. The van der Waals surface area contributed by atoms with E-state index in [1.165, 1.54) is 0 Å². The molecular weight excluding hydrogens is 260 g/mol. The van der Waals surface area contributed by atoms with Crippen LogP contribution in [-0.2, 0) is 0 Å². The normalized spacial score (nSPS) is 11.6. The summed E-state index contributed by atoms with van der Waals surface area (Å²) in [5.74, 6) is 0.325. The van der Waals surface area contributed by atoms with E-state index >= 15 is 0 Å². The second-order valence-corrected chi connectivity index (χ2v) is 4.38. The molecule has 0 radical (unpaired) electrons. The van der Waals surface area contributed by atoms with Crippen molar-refractivity contribution in [2.45, 2.75) is 20.8 Å². The van der Waals surface area contributed by atoms with Crippen LogP contribution in [0.2, 0.25) is 0 Å². The maximum absolute atomic E-state index is 11.2. The van der Waals surface area contributed by atoms with Crippen LogP contribution in [0.15, 0.2) is 0 Å². The summed E-state index contributed by atoms with van der Waals surface area (Å²) in [6.07, 6.45) is 0. The van der Waals surface area contributed by atoms with Crippen molar-refractivity contribution in [1.29, 1.82) is 5.26 Å². The lowest BCUT2D eigenvalue weighted by molar-refractivity contribution is -0.385. The molecule has 0 aliphatic carbocycles. The van der Waals surface area contributed by atoms with Gasteiger partial charge in [-0.25, -0.2) is 4.98 Å². The van der Waals surface area contributed by atoms with Crippen LogP contribution >= 0.6 is 0 Å². The van der Waals surface area contributed by atoms with Crippen molar-refractivity contribution in [2.75, 3.05) is 30.4 Å². The third-order valence-corrected chi connectivity index (χ3v) is 2.84. The van der Waals surface area contributed by atoms with Gasteiger partial charge in [0.15, 0.2) is 0 Å². The van der Waals surface area contributed by atoms with E-state index in [0.717, 1.165) is 0 Å². The standard InChI is InChI=1S/C12H18N6O2/c1-5-17(7-8(2)6-13)11-10(18(19)20)9(3)15-12(14-4)16-11/h8H,5,7H2,1-4H3,(H,14,15,16). The summed E-state index contributed by atoms with van der Waals surface area (Å²) in [5, 5.41) is 22.9. The predicted molar refractivity (Wildman–Crippen MR) is 75.6 cm³/mol. The highest BCUT2D eigenvalue weighted by Crippen LogP contribution is 2.30. The minimum absolute atomic E-state index is 0.115. The van der Waals surface area contributed by atoms with Crippen LogP contribution < -0.4 is 10.2 Å². The summed E-state index contributed by atoms with van der Waals surface area (Å²) in [7, 11) is 1.65. The van der Waals surface area contributed by atoms with Gasteiger partial charge in [0, 0.05) is 20.1 Å². The molecule has 0 aliphatic rings. The van der Waals surface area contributed by atoms with Crippen LogP contribution in [0.1, 0.15) is 19.5 Å². The van der Waals surface area contributed by atoms with Crippen molar-refractivity contribution >= 4 is 17.5 Å². The Balaban J connectivity index is 3.34. The van der Waals surface area contributed by atoms with Gasteiger partial charge in [0.25, 0.3) is 0 Å². The van der Waals surface area contributed by atoms with Crippen LogP contribution in [0.3, 0.4) is 0 Å². The first-order valence-corrected chi connectivity index (χ1v) is 6.29. The van der Waals surface area contributed by atoms with Crippen molar-refractivity contribution in [1.82, 2.24) is 9.97 Å². The molecular formula is C12H18N6O2. The fraction of sp³-hybridized carbons (Fsp3) is 0.583. The molecule has 1 unspecified atom stereocenters. The summed E-state index contributed by atoms with van der Waals surface area (Å²) >= 11 is 0. The molecule has 1 heterocycles. The molecule has 1 atom stereocenters. The second-order valence-electron chi connectivity index (χ2n) is 4.38. The molecule has 0 saturated heterocycles. The van der Waals surface area contributed by atoms with E-state index in [9.17, 15) is 10.1 Å². The lowest BCUT2D eigenvalue weighted by Gasteiger charge is -2.23. The Labute approximate surface area is 117 Å². The average molecular weight is 278 g/mol. The summed E-state index contributed by atoms with van der Waals surface area (Å²) in [5.41, 5.74) is 0.184. The second kappa shape index (κ2) is 6.65. The van der Waals surface area contributed by atoms with E-state index in [-0.39, 0.29) is 17.4 Å². The first-order chi connectivity index (χ1) is 9.44. The van der Waals surface area contributed by atoms with Crippen LogP contribution in [0.25, 0.3) is 0 Å². The number of nitriles is 1. The summed E-state index contributed by atoms with van der Waals surface area (Å²) in [4.78, 5) is 20.7. The van der Waals surface area contributed by atoms with Crippen LogP contribution in [-0.4, -0.2) is 35.0 Å². The smallest absolute Gasteiger partial charge is 0.332 e. The van der Waals surface area contributed by atoms with E-state index in [1.54, 1.807) is 25.8 Å². The Bertz CT molecular complexity index is 539. The van der Waals surface area contributed by atoms with Crippen molar-refractivity contribution in [3.8, 4) is 6.07 Å². The van der Waals surface area contributed by atoms with Gasteiger partial charge >= 0.3 is 5.69 Å². The Hall–Kier alpha value is -2.43.